The van der Waals surface area contributed by atoms with Gasteiger partial charge in [0.05, 0.1) is 6.10 Å². The summed E-state index contributed by atoms with van der Waals surface area (Å²) in [6, 6.07) is 0. The van der Waals surface area contributed by atoms with Crippen molar-refractivity contribution in [1.82, 2.24) is 5.32 Å². The van der Waals surface area contributed by atoms with Gasteiger partial charge in [0, 0.05) is 12.1 Å². The van der Waals surface area contributed by atoms with Crippen molar-refractivity contribution in [3.05, 3.63) is 11.6 Å². The molecule has 0 spiro atoms. The summed E-state index contributed by atoms with van der Waals surface area (Å²) in [6.45, 7) is 5.81. The molecule has 0 rings (SSSR count). The van der Waals surface area contributed by atoms with Crippen LogP contribution in [0, 0.1) is 0 Å². The lowest BCUT2D eigenvalue weighted by Gasteiger charge is -2.06. The Morgan fingerprint density at radius 1 is 1.62 bits per heavy atom. The maximum atomic E-state index is 11.3. The van der Waals surface area contributed by atoms with Gasteiger partial charge < -0.3 is 10.4 Å². The van der Waals surface area contributed by atoms with E-state index in [9.17, 15) is 4.79 Å². The first-order valence-electron chi connectivity index (χ1n) is 4.71. The first-order valence-corrected chi connectivity index (χ1v) is 4.71. The smallest absolute Gasteiger partial charge is 0.246 e. The molecule has 0 aromatic heterocycles. The number of nitrogens with one attached hydrogen (secondary N) is 1. The highest BCUT2D eigenvalue weighted by atomic mass is 16.3. The third-order valence-corrected chi connectivity index (χ3v) is 1.66. The topological polar surface area (TPSA) is 49.3 Å². The Hall–Kier alpha value is -0.830. The lowest BCUT2D eigenvalue weighted by molar-refractivity contribution is -0.117. The predicted molar refractivity (Wildman–Crippen MR) is 53.4 cm³/mol. The molecule has 0 aromatic rings. The van der Waals surface area contributed by atoms with Crippen LogP contribution in [-0.4, -0.2) is 23.7 Å². The van der Waals surface area contributed by atoms with Gasteiger partial charge in [0.25, 0.3) is 0 Å². The Kier molecular flexibility index (Phi) is 6.24. The van der Waals surface area contributed by atoms with Crippen LogP contribution in [0.3, 0.4) is 0 Å². The zero-order chi connectivity index (χ0) is 10.3. The van der Waals surface area contributed by atoms with Crippen LogP contribution in [0.5, 0.6) is 0 Å². The fourth-order valence-electron chi connectivity index (χ4n) is 0.833. The average molecular weight is 185 g/mol. The van der Waals surface area contributed by atoms with Crippen molar-refractivity contribution in [2.24, 2.45) is 0 Å². The van der Waals surface area contributed by atoms with Crippen LogP contribution in [-0.2, 0) is 4.79 Å². The SMILES string of the molecule is CCCC=C(C)C(=O)NCC(C)O. The number of carbonyl (C=O) groups excluding carboxylic acids is 1. The number of carbonyl (C=O) groups is 1. The van der Waals surface area contributed by atoms with Gasteiger partial charge in [-0.05, 0) is 20.3 Å². The highest BCUT2D eigenvalue weighted by Crippen LogP contribution is 1.97. The first-order chi connectivity index (χ1) is 6.07. The molecular formula is C10H19NO2. The number of rotatable bonds is 5. The molecule has 0 fully saturated rings. The minimum atomic E-state index is -0.483. The quantitative estimate of drug-likeness (QED) is 0.633. The monoisotopic (exact) mass is 185 g/mol. The molecular weight excluding hydrogens is 166 g/mol. The molecule has 3 heteroatoms. The summed E-state index contributed by atoms with van der Waals surface area (Å²) in [5.74, 6) is -0.0886. The van der Waals surface area contributed by atoms with Crippen molar-refractivity contribution >= 4 is 5.91 Å². The van der Waals surface area contributed by atoms with Crippen molar-refractivity contribution in [2.75, 3.05) is 6.54 Å². The molecule has 3 nitrogen and oxygen atoms in total. The van der Waals surface area contributed by atoms with E-state index in [4.69, 9.17) is 5.11 Å². The average Bonchev–Trinajstić information content (AvgIpc) is 2.10. The van der Waals surface area contributed by atoms with Crippen molar-refractivity contribution in [3.8, 4) is 0 Å². The molecule has 0 saturated heterocycles. The van der Waals surface area contributed by atoms with Crippen molar-refractivity contribution in [3.63, 3.8) is 0 Å². The fourth-order valence-corrected chi connectivity index (χ4v) is 0.833. The third kappa shape index (κ3) is 6.34. The normalized spacial score (nSPS) is 14.0. The van der Waals surface area contributed by atoms with Gasteiger partial charge in [-0.25, -0.2) is 0 Å². The van der Waals surface area contributed by atoms with Gasteiger partial charge >= 0.3 is 0 Å². The molecule has 0 aliphatic heterocycles. The zero-order valence-corrected chi connectivity index (χ0v) is 8.63. The second kappa shape index (κ2) is 6.66. The van der Waals surface area contributed by atoms with Crippen LogP contribution in [0.1, 0.15) is 33.6 Å². The van der Waals surface area contributed by atoms with E-state index in [0.29, 0.717) is 6.54 Å². The van der Waals surface area contributed by atoms with Crippen LogP contribution in [0.2, 0.25) is 0 Å². The minimum Gasteiger partial charge on any atom is -0.392 e. The third-order valence-electron chi connectivity index (χ3n) is 1.66. The number of hydrogen-bond donors (Lipinski definition) is 2. The standard InChI is InChI=1S/C10H19NO2/c1-4-5-6-8(2)10(13)11-7-9(3)12/h6,9,12H,4-5,7H2,1-3H3,(H,11,13). The highest BCUT2D eigenvalue weighted by Gasteiger charge is 2.03. The number of unbranched alkanes of at least 4 members (excludes halogenated alkanes) is 1. The number of allylic oxidation sites excluding steroid dienone is 1. The number of amides is 1. The van der Waals surface area contributed by atoms with E-state index < -0.39 is 6.10 Å². The van der Waals surface area contributed by atoms with Crippen LogP contribution in [0.4, 0.5) is 0 Å². The number of hydrogen-bond acceptors (Lipinski definition) is 2. The molecule has 13 heavy (non-hydrogen) atoms. The molecule has 76 valence electrons. The van der Waals surface area contributed by atoms with E-state index in [0.717, 1.165) is 18.4 Å². The molecule has 1 atom stereocenters. The van der Waals surface area contributed by atoms with Gasteiger partial charge in [0.2, 0.25) is 5.91 Å². The Labute approximate surface area is 79.8 Å². The van der Waals surface area contributed by atoms with E-state index >= 15 is 0 Å². The summed E-state index contributed by atoms with van der Waals surface area (Å²) >= 11 is 0. The molecule has 0 aromatic carbocycles. The summed E-state index contributed by atoms with van der Waals surface area (Å²) in [5, 5.41) is 11.6. The maximum absolute atomic E-state index is 11.3. The Morgan fingerprint density at radius 2 is 2.23 bits per heavy atom. The Morgan fingerprint density at radius 3 is 2.69 bits per heavy atom. The minimum absolute atomic E-state index is 0.0886. The highest BCUT2D eigenvalue weighted by molar-refractivity contribution is 5.92. The van der Waals surface area contributed by atoms with Crippen molar-refractivity contribution in [1.29, 1.82) is 0 Å². The molecule has 0 saturated carbocycles. The van der Waals surface area contributed by atoms with E-state index in [2.05, 4.69) is 12.2 Å². The largest absolute Gasteiger partial charge is 0.392 e. The summed E-state index contributed by atoms with van der Waals surface area (Å²) < 4.78 is 0. The molecule has 2 N–H and O–H groups in total. The van der Waals surface area contributed by atoms with E-state index in [1.807, 2.05) is 6.08 Å². The van der Waals surface area contributed by atoms with Crippen LogP contribution < -0.4 is 5.32 Å². The van der Waals surface area contributed by atoms with Gasteiger partial charge in [0.15, 0.2) is 0 Å². The van der Waals surface area contributed by atoms with Gasteiger partial charge in [-0.3, -0.25) is 4.79 Å². The predicted octanol–water partition coefficient (Wildman–Crippen LogP) is 1.23. The van der Waals surface area contributed by atoms with Crippen molar-refractivity contribution < 1.29 is 9.90 Å². The number of aliphatic hydroxyl groups is 1. The summed E-state index contributed by atoms with van der Waals surface area (Å²) in [6.07, 6.45) is 3.40. The lowest BCUT2D eigenvalue weighted by Crippen LogP contribution is -2.30. The van der Waals surface area contributed by atoms with E-state index in [1.165, 1.54) is 0 Å². The number of aliphatic hydroxyl groups excluding tert-OH is 1. The van der Waals surface area contributed by atoms with Crippen LogP contribution >= 0.6 is 0 Å². The van der Waals surface area contributed by atoms with Gasteiger partial charge in [-0.1, -0.05) is 19.4 Å². The van der Waals surface area contributed by atoms with Gasteiger partial charge in [-0.2, -0.15) is 0 Å². The second-order valence-electron chi connectivity index (χ2n) is 3.23. The van der Waals surface area contributed by atoms with Crippen LogP contribution in [0.15, 0.2) is 11.6 Å². The maximum Gasteiger partial charge on any atom is 0.246 e. The molecule has 0 radical (unpaired) electrons. The zero-order valence-electron chi connectivity index (χ0n) is 8.63. The Balaban J connectivity index is 3.82. The summed E-state index contributed by atoms with van der Waals surface area (Å²) in [4.78, 5) is 11.3. The summed E-state index contributed by atoms with van der Waals surface area (Å²) in [5.41, 5.74) is 0.725. The van der Waals surface area contributed by atoms with E-state index in [1.54, 1.807) is 13.8 Å². The summed E-state index contributed by atoms with van der Waals surface area (Å²) in [7, 11) is 0. The van der Waals surface area contributed by atoms with Crippen molar-refractivity contribution in [2.45, 2.75) is 39.7 Å². The fraction of sp³-hybridized carbons (Fsp3) is 0.700. The second-order valence-corrected chi connectivity index (χ2v) is 3.23. The van der Waals surface area contributed by atoms with E-state index in [-0.39, 0.29) is 5.91 Å². The molecule has 1 amide bonds. The molecule has 0 aliphatic carbocycles. The molecule has 0 heterocycles. The molecule has 0 bridgehead atoms. The first kappa shape index (κ1) is 12.2. The van der Waals surface area contributed by atoms with Gasteiger partial charge in [0.1, 0.15) is 0 Å². The Bertz CT molecular complexity index is 185. The molecule has 0 aliphatic rings. The lowest BCUT2D eigenvalue weighted by atomic mass is 10.2. The van der Waals surface area contributed by atoms with Gasteiger partial charge in [-0.15, -0.1) is 0 Å². The van der Waals surface area contributed by atoms with Crippen LogP contribution in [0.25, 0.3) is 0 Å². The molecule has 1 unspecified atom stereocenters.